The SMILES string of the molecule is CCCc1nccn1C(C)CC(C)(N)C(=O)OC. The molecule has 2 unspecified atom stereocenters. The van der Waals surface area contributed by atoms with Crippen LogP contribution in [-0.4, -0.2) is 28.2 Å². The number of carbonyl (C=O) groups excluding carboxylic acids is 1. The van der Waals surface area contributed by atoms with Gasteiger partial charge in [-0.3, -0.25) is 4.79 Å². The summed E-state index contributed by atoms with van der Waals surface area (Å²) < 4.78 is 6.80. The Kier molecular flexibility index (Phi) is 4.90. The summed E-state index contributed by atoms with van der Waals surface area (Å²) in [5.74, 6) is 0.650. The van der Waals surface area contributed by atoms with E-state index in [4.69, 9.17) is 10.5 Å². The van der Waals surface area contributed by atoms with Gasteiger partial charge >= 0.3 is 5.97 Å². The number of nitrogens with zero attached hydrogens (tertiary/aromatic N) is 2. The van der Waals surface area contributed by atoms with Gasteiger partial charge in [0.1, 0.15) is 11.4 Å². The van der Waals surface area contributed by atoms with Crippen molar-refractivity contribution in [2.24, 2.45) is 5.73 Å². The summed E-state index contributed by atoms with van der Waals surface area (Å²) in [4.78, 5) is 15.9. The van der Waals surface area contributed by atoms with Gasteiger partial charge in [-0.1, -0.05) is 6.92 Å². The maximum absolute atomic E-state index is 11.6. The minimum atomic E-state index is -0.970. The minimum absolute atomic E-state index is 0.114. The first-order valence-corrected chi connectivity index (χ1v) is 6.31. The minimum Gasteiger partial charge on any atom is -0.468 e. The average molecular weight is 253 g/mol. The zero-order chi connectivity index (χ0) is 13.8. The van der Waals surface area contributed by atoms with Gasteiger partial charge in [-0.15, -0.1) is 0 Å². The Labute approximate surface area is 108 Å². The van der Waals surface area contributed by atoms with Crippen LogP contribution >= 0.6 is 0 Å². The van der Waals surface area contributed by atoms with Gasteiger partial charge in [0, 0.05) is 24.9 Å². The molecule has 0 amide bonds. The van der Waals surface area contributed by atoms with Crippen LogP contribution in [0.25, 0.3) is 0 Å². The Morgan fingerprint density at radius 1 is 1.67 bits per heavy atom. The summed E-state index contributed by atoms with van der Waals surface area (Å²) in [6.45, 7) is 5.85. The van der Waals surface area contributed by atoms with Crippen molar-refractivity contribution in [1.82, 2.24) is 9.55 Å². The maximum atomic E-state index is 11.6. The van der Waals surface area contributed by atoms with Crippen molar-refractivity contribution < 1.29 is 9.53 Å². The van der Waals surface area contributed by atoms with E-state index in [-0.39, 0.29) is 12.0 Å². The molecule has 0 radical (unpaired) electrons. The molecule has 0 aromatic carbocycles. The zero-order valence-electron chi connectivity index (χ0n) is 11.6. The zero-order valence-corrected chi connectivity index (χ0v) is 11.6. The molecule has 2 atom stereocenters. The van der Waals surface area contributed by atoms with E-state index >= 15 is 0 Å². The number of carbonyl (C=O) groups is 1. The second-order valence-corrected chi connectivity index (χ2v) is 4.96. The Morgan fingerprint density at radius 2 is 2.33 bits per heavy atom. The second kappa shape index (κ2) is 6.00. The standard InChI is InChI=1S/C13H23N3O2/c1-5-6-11-15-7-8-16(11)10(2)9-13(3,14)12(17)18-4/h7-8,10H,5-6,9,14H2,1-4H3. The number of esters is 1. The molecule has 1 aromatic rings. The number of aromatic nitrogens is 2. The van der Waals surface area contributed by atoms with Crippen LogP contribution in [0.3, 0.4) is 0 Å². The van der Waals surface area contributed by atoms with E-state index in [2.05, 4.69) is 16.5 Å². The van der Waals surface area contributed by atoms with Crippen LogP contribution in [0.15, 0.2) is 12.4 Å². The van der Waals surface area contributed by atoms with Crippen molar-refractivity contribution in [2.45, 2.75) is 51.6 Å². The van der Waals surface area contributed by atoms with E-state index in [1.807, 2.05) is 13.1 Å². The molecule has 18 heavy (non-hydrogen) atoms. The summed E-state index contributed by atoms with van der Waals surface area (Å²) >= 11 is 0. The van der Waals surface area contributed by atoms with E-state index in [1.165, 1.54) is 7.11 Å². The molecule has 5 heteroatoms. The van der Waals surface area contributed by atoms with Gasteiger partial charge in [0.2, 0.25) is 0 Å². The van der Waals surface area contributed by atoms with Gasteiger partial charge in [-0.05, 0) is 26.7 Å². The summed E-state index contributed by atoms with van der Waals surface area (Å²) in [6, 6.07) is 0.114. The van der Waals surface area contributed by atoms with Crippen LogP contribution < -0.4 is 5.73 Å². The highest BCUT2D eigenvalue weighted by molar-refractivity contribution is 5.79. The molecule has 0 bridgehead atoms. The summed E-state index contributed by atoms with van der Waals surface area (Å²) in [5.41, 5.74) is 5.02. The number of rotatable bonds is 6. The third-order valence-electron chi connectivity index (χ3n) is 3.07. The predicted octanol–water partition coefficient (Wildman–Crippen LogP) is 1.68. The molecule has 0 spiro atoms. The third-order valence-corrected chi connectivity index (χ3v) is 3.07. The van der Waals surface area contributed by atoms with Crippen LogP contribution in [-0.2, 0) is 16.0 Å². The van der Waals surface area contributed by atoms with E-state index in [1.54, 1.807) is 13.1 Å². The lowest BCUT2D eigenvalue weighted by atomic mass is 9.95. The normalized spacial score (nSPS) is 16.1. The molecule has 0 aliphatic rings. The summed E-state index contributed by atoms with van der Waals surface area (Å²) in [6.07, 6.45) is 6.21. The highest BCUT2D eigenvalue weighted by Gasteiger charge is 2.32. The summed E-state index contributed by atoms with van der Waals surface area (Å²) in [5, 5.41) is 0. The third kappa shape index (κ3) is 3.32. The van der Waals surface area contributed by atoms with Crippen LogP contribution in [0.4, 0.5) is 0 Å². The molecule has 0 saturated carbocycles. The number of methoxy groups -OCH3 is 1. The molecule has 1 rings (SSSR count). The molecule has 0 aliphatic carbocycles. The molecule has 0 aliphatic heterocycles. The molecule has 2 N–H and O–H groups in total. The lowest BCUT2D eigenvalue weighted by Gasteiger charge is -2.26. The van der Waals surface area contributed by atoms with E-state index in [0.29, 0.717) is 6.42 Å². The fraction of sp³-hybridized carbons (Fsp3) is 0.692. The highest BCUT2D eigenvalue weighted by Crippen LogP contribution is 2.21. The monoisotopic (exact) mass is 253 g/mol. The predicted molar refractivity (Wildman–Crippen MR) is 70.2 cm³/mol. The fourth-order valence-electron chi connectivity index (χ4n) is 2.19. The quantitative estimate of drug-likeness (QED) is 0.783. The topological polar surface area (TPSA) is 70.1 Å². The molecular weight excluding hydrogens is 230 g/mol. The van der Waals surface area contributed by atoms with Crippen molar-refractivity contribution >= 4 is 5.97 Å². The van der Waals surface area contributed by atoms with Crippen molar-refractivity contribution in [3.8, 4) is 0 Å². The average Bonchev–Trinajstić information content (AvgIpc) is 2.76. The molecule has 5 nitrogen and oxygen atoms in total. The Hall–Kier alpha value is -1.36. The largest absolute Gasteiger partial charge is 0.468 e. The van der Waals surface area contributed by atoms with Gasteiger partial charge in [-0.25, -0.2) is 4.98 Å². The highest BCUT2D eigenvalue weighted by atomic mass is 16.5. The molecular formula is C13H23N3O2. The van der Waals surface area contributed by atoms with Crippen LogP contribution in [0.1, 0.15) is 45.5 Å². The fourth-order valence-corrected chi connectivity index (χ4v) is 2.19. The second-order valence-electron chi connectivity index (χ2n) is 4.96. The Bertz CT molecular complexity index is 399. The first-order chi connectivity index (χ1) is 8.42. The Balaban J connectivity index is 2.78. The number of imidazole rings is 1. The smallest absolute Gasteiger partial charge is 0.325 e. The number of hydrogen-bond acceptors (Lipinski definition) is 4. The van der Waals surface area contributed by atoms with Gasteiger partial charge < -0.3 is 15.0 Å². The van der Waals surface area contributed by atoms with Crippen LogP contribution in [0, 0.1) is 0 Å². The molecule has 0 saturated heterocycles. The van der Waals surface area contributed by atoms with E-state index in [0.717, 1.165) is 18.7 Å². The molecule has 1 heterocycles. The Morgan fingerprint density at radius 3 is 2.89 bits per heavy atom. The lowest BCUT2D eigenvalue weighted by molar-refractivity contribution is -0.147. The number of nitrogens with two attached hydrogens (primary N) is 1. The molecule has 0 fully saturated rings. The van der Waals surface area contributed by atoms with Crippen molar-refractivity contribution in [1.29, 1.82) is 0 Å². The van der Waals surface area contributed by atoms with Gasteiger partial charge in [0.25, 0.3) is 0 Å². The first kappa shape index (κ1) is 14.7. The molecule has 1 aromatic heterocycles. The van der Waals surface area contributed by atoms with Gasteiger partial charge in [0.15, 0.2) is 0 Å². The van der Waals surface area contributed by atoms with Crippen LogP contribution in [0.2, 0.25) is 0 Å². The van der Waals surface area contributed by atoms with Crippen LogP contribution in [0.5, 0.6) is 0 Å². The van der Waals surface area contributed by atoms with Crippen molar-refractivity contribution in [2.75, 3.05) is 7.11 Å². The van der Waals surface area contributed by atoms with Gasteiger partial charge in [-0.2, -0.15) is 0 Å². The maximum Gasteiger partial charge on any atom is 0.325 e. The number of hydrogen-bond donors (Lipinski definition) is 1. The van der Waals surface area contributed by atoms with Crippen molar-refractivity contribution in [3.05, 3.63) is 18.2 Å². The van der Waals surface area contributed by atoms with Gasteiger partial charge in [0.05, 0.1) is 7.11 Å². The number of aryl methyl sites for hydroxylation is 1. The summed E-state index contributed by atoms with van der Waals surface area (Å²) in [7, 11) is 1.36. The first-order valence-electron chi connectivity index (χ1n) is 6.31. The van der Waals surface area contributed by atoms with Crippen molar-refractivity contribution in [3.63, 3.8) is 0 Å². The number of ether oxygens (including phenoxy) is 1. The lowest BCUT2D eigenvalue weighted by Crippen LogP contribution is -2.47. The molecule has 102 valence electrons. The van der Waals surface area contributed by atoms with E-state index < -0.39 is 5.54 Å². The van der Waals surface area contributed by atoms with E-state index in [9.17, 15) is 4.79 Å².